The second kappa shape index (κ2) is 6.25. The third-order valence-electron chi connectivity index (χ3n) is 2.75. The smallest absolute Gasteiger partial charge is 0.329 e. The van der Waals surface area contributed by atoms with Crippen molar-refractivity contribution in [3.63, 3.8) is 0 Å². The van der Waals surface area contributed by atoms with Crippen LogP contribution >= 0.6 is 27.5 Å². The Morgan fingerprint density at radius 2 is 2.11 bits per heavy atom. The Hall–Kier alpha value is -1.27. The van der Waals surface area contributed by atoms with Crippen LogP contribution in [0.1, 0.15) is 20.3 Å². The van der Waals surface area contributed by atoms with Gasteiger partial charge in [0.15, 0.2) is 0 Å². The number of urea groups is 1. The lowest BCUT2D eigenvalue weighted by Gasteiger charge is -2.24. The standard InChI is InChI=1S/C12H14BrClN2O3/c1-3-12(2,10(17)18)16-11(19)15-9-6-7(13)4-5-8(9)14/h4-6H,3H2,1-2H3,(H,17,18)(H2,15,16,19). The van der Waals surface area contributed by atoms with Gasteiger partial charge in [0, 0.05) is 4.47 Å². The van der Waals surface area contributed by atoms with Crippen molar-refractivity contribution in [2.75, 3.05) is 5.32 Å². The van der Waals surface area contributed by atoms with Crippen molar-refractivity contribution in [3.05, 3.63) is 27.7 Å². The topological polar surface area (TPSA) is 78.4 Å². The van der Waals surface area contributed by atoms with Crippen molar-refractivity contribution in [2.45, 2.75) is 25.8 Å². The number of aliphatic carboxylic acids is 1. The molecule has 0 radical (unpaired) electrons. The van der Waals surface area contributed by atoms with E-state index in [2.05, 4.69) is 26.6 Å². The van der Waals surface area contributed by atoms with E-state index >= 15 is 0 Å². The number of carbonyl (C=O) groups is 2. The summed E-state index contributed by atoms with van der Waals surface area (Å²) in [5, 5.41) is 14.4. The van der Waals surface area contributed by atoms with Crippen molar-refractivity contribution >= 4 is 45.2 Å². The number of rotatable bonds is 4. The summed E-state index contributed by atoms with van der Waals surface area (Å²) in [5.74, 6) is -1.09. The van der Waals surface area contributed by atoms with Crippen molar-refractivity contribution in [2.24, 2.45) is 0 Å². The second-order valence-electron chi connectivity index (χ2n) is 4.19. The van der Waals surface area contributed by atoms with Gasteiger partial charge in [-0.05, 0) is 31.5 Å². The summed E-state index contributed by atoms with van der Waals surface area (Å²) < 4.78 is 0.753. The lowest BCUT2D eigenvalue weighted by molar-refractivity contribution is -0.143. The highest BCUT2D eigenvalue weighted by Gasteiger charge is 2.32. The SMILES string of the molecule is CCC(C)(NC(=O)Nc1cc(Br)ccc1Cl)C(=O)O. The lowest BCUT2D eigenvalue weighted by atomic mass is 10.00. The number of amides is 2. The van der Waals surface area contributed by atoms with Gasteiger partial charge in [0.1, 0.15) is 5.54 Å². The first kappa shape index (κ1) is 15.8. The molecule has 0 heterocycles. The highest BCUT2D eigenvalue weighted by Crippen LogP contribution is 2.25. The predicted molar refractivity (Wildman–Crippen MR) is 77.6 cm³/mol. The molecule has 1 unspecified atom stereocenters. The molecule has 1 aromatic carbocycles. The van der Waals surface area contributed by atoms with Crippen molar-refractivity contribution in [3.8, 4) is 0 Å². The number of anilines is 1. The van der Waals surface area contributed by atoms with E-state index in [1.54, 1.807) is 25.1 Å². The molecule has 0 saturated carbocycles. The third-order valence-corrected chi connectivity index (χ3v) is 3.57. The first-order valence-electron chi connectivity index (χ1n) is 5.56. The summed E-state index contributed by atoms with van der Waals surface area (Å²) >= 11 is 9.19. The summed E-state index contributed by atoms with van der Waals surface area (Å²) in [6.45, 7) is 3.12. The van der Waals surface area contributed by atoms with Gasteiger partial charge in [-0.15, -0.1) is 0 Å². The van der Waals surface area contributed by atoms with E-state index in [4.69, 9.17) is 16.7 Å². The number of benzene rings is 1. The first-order chi connectivity index (χ1) is 8.78. The fraction of sp³-hybridized carbons (Fsp3) is 0.333. The Kier molecular flexibility index (Phi) is 5.20. The Balaban J connectivity index is 2.80. The summed E-state index contributed by atoms with van der Waals surface area (Å²) in [6.07, 6.45) is 0.266. The number of nitrogens with one attached hydrogen (secondary N) is 2. The third kappa shape index (κ3) is 4.11. The van der Waals surface area contributed by atoms with Crippen LogP contribution in [0.15, 0.2) is 22.7 Å². The van der Waals surface area contributed by atoms with E-state index < -0.39 is 17.5 Å². The van der Waals surface area contributed by atoms with Gasteiger partial charge in [0.2, 0.25) is 0 Å². The average molecular weight is 350 g/mol. The van der Waals surface area contributed by atoms with E-state index in [0.717, 1.165) is 4.47 Å². The summed E-state index contributed by atoms with van der Waals surface area (Å²) in [4.78, 5) is 22.9. The van der Waals surface area contributed by atoms with Gasteiger partial charge in [-0.3, -0.25) is 0 Å². The number of halogens is 2. The Bertz CT molecular complexity index is 510. The minimum Gasteiger partial charge on any atom is -0.480 e. The van der Waals surface area contributed by atoms with Crippen LogP contribution in [0.4, 0.5) is 10.5 Å². The minimum absolute atomic E-state index is 0.266. The molecular weight excluding hydrogens is 336 g/mol. The Labute approximate surface area is 124 Å². The maximum absolute atomic E-state index is 11.8. The number of carbonyl (C=O) groups excluding carboxylic acids is 1. The van der Waals surface area contributed by atoms with Gasteiger partial charge in [0.05, 0.1) is 10.7 Å². The van der Waals surface area contributed by atoms with E-state index in [0.29, 0.717) is 10.7 Å². The van der Waals surface area contributed by atoms with Crippen LogP contribution in [0, 0.1) is 0 Å². The molecular formula is C12H14BrClN2O3. The molecule has 0 aliphatic heterocycles. The average Bonchev–Trinajstić information content (AvgIpc) is 2.33. The minimum atomic E-state index is -1.32. The molecule has 0 saturated heterocycles. The zero-order valence-corrected chi connectivity index (χ0v) is 12.8. The van der Waals surface area contributed by atoms with Gasteiger partial charge in [-0.2, -0.15) is 0 Å². The van der Waals surface area contributed by atoms with E-state index in [1.807, 2.05) is 0 Å². The highest BCUT2D eigenvalue weighted by molar-refractivity contribution is 9.10. The number of hydrogen-bond donors (Lipinski definition) is 3. The fourth-order valence-corrected chi connectivity index (χ4v) is 1.82. The molecule has 0 aliphatic rings. The highest BCUT2D eigenvalue weighted by atomic mass is 79.9. The van der Waals surface area contributed by atoms with Gasteiger partial charge >= 0.3 is 12.0 Å². The molecule has 7 heteroatoms. The van der Waals surface area contributed by atoms with Crippen molar-refractivity contribution in [1.82, 2.24) is 5.32 Å². The van der Waals surface area contributed by atoms with Crippen molar-refractivity contribution in [1.29, 1.82) is 0 Å². The van der Waals surface area contributed by atoms with Crippen molar-refractivity contribution < 1.29 is 14.7 Å². The zero-order valence-electron chi connectivity index (χ0n) is 10.5. The number of hydrogen-bond acceptors (Lipinski definition) is 2. The van der Waals surface area contributed by atoms with Crippen LogP contribution in [0.2, 0.25) is 5.02 Å². The monoisotopic (exact) mass is 348 g/mol. The maximum atomic E-state index is 11.8. The normalized spacial score (nSPS) is 13.5. The Morgan fingerprint density at radius 1 is 1.47 bits per heavy atom. The first-order valence-corrected chi connectivity index (χ1v) is 6.73. The molecule has 1 atom stereocenters. The predicted octanol–water partition coefficient (Wildman–Crippen LogP) is 3.48. The summed E-state index contributed by atoms with van der Waals surface area (Å²) in [7, 11) is 0. The molecule has 0 bridgehead atoms. The molecule has 0 fully saturated rings. The van der Waals surface area contributed by atoms with Crippen LogP contribution in [0.5, 0.6) is 0 Å². The largest absolute Gasteiger partial charge is 0.480 e. The van der Waals surface area contributed by atoms with Crippen LogP contribution in [-0.2, 0) is 4.79 Å². The molecule has 1 aromatic rings. The molecule has 0 aromatic heterocycles. The second-order valence-corrected chi connectivity index (χ2v) is 5.52. The van der Waals surface area contributed by atoms with Gasteiger partial charge in [-0.1, -0.05) is 34.5 Å². The molecule has 2 amide bonds. The lowest BCUT2D eigenvalue weighted by Crippen LogP contribution is -2.53. The van der Waals surface area contributed by atoms with Gasteiger partial charge < -0.3 is 15.7 Å². The molecule has 1 rings (SSSR count). The molecule has 104 valence electrons. The maximum Gasteiger partial charge on any atom is 0.329 e. The molecule has 0 spiro atoms. The van der Waals surface area contributed by atoms with Crippen LogP contribution in [-0.4, -0.2) is 22.6 Å². The summed E-state index contributed by atoms with van der Waals surface area (Å²) in [6, 6.07) is 4.37. The Morgan fingerprint density at radius 3 is 2.63 bits per heavy atom. The summed E-state index contributed by atoms with van der Waals surface area (Å²) in [5.41, 5.74) is -0.917. The quantitative estimate of drug-likeness (QED) is 0.778. The number of carboxylic acid groups (broad SMARTS) is 1. The number of carboxylic acids is 1. The van der Waals surface area contributed by atoms with Crippen LogP contribution in [0.25, 0.3) is 0 Å². The zero-order chi connectivity index (χ0) is 14.6. The molecule has 0 aliphatic carbocycles. The van der Waals surface area contributed by atoms with Gasteiger partial charge in [0.25, 0.3) is 0 Å². The van der Waals surface area contributed by atoms with E-state index in [1.165, 1.54) is 6.92 Å². The fourth-order valence-electron chi connectivity index (χ4n) is 1.29. The van der Waals surface area contributed by atoms with E-state index in [9.17, 15) is 9.59 Å². The van der Waals surface area contributed by atoms with Gasteiger partial charge in [-0.25, -0.2) is 9.59 Å². The van der Waals surface area contributed by atoms with E-state index in [-0.39, 0.29) is 6.42 Å². The van der Waals surface area contributed by atoms with Crippen LogP contribution in [0.3, 0.4) is 0 Å². The molecule has 19 heavy (non-hydrogen) atoms. The molecule has 5 nitrogen and oxygen atoms in total. The molecule has 3 N–H and O–H groups in total. The van der Waals surface area contributed by atoms with Crippen LogP contribution < -0.4 is 10.6 Å².